The molecule has 0 N–H and O–H groups in total. The Kier molecular flexibility index (Phi) is 3.69. The predicted octanol–water partition coefficient (Wildman–Crippen LogP) is 17.3. The molecule has 0 amide bonds. The van der Waals surface area contributed by atoms with Gasteiger partial charge in [-0.15, -0.1) is 0 Å². The molecule has 0 radical (unpaired) electrons. The van der Waals surface area contributed by atoms with Gasteiger partial charge in [0.2, 0.25) is 0 Å². The quantitative estimate of drug-likeness (QED) is 0.154. The Morgan fingerprint density at radius 1 is 0.318 bits per heavy atom. The van der Waals surface area contributed by atoms with E-state index in [-0.39, 0.29) is 0 Å². The van der Waals surface area contributed by atoms with E-state index in [1.165, 1.54) is 0 Å². The third-order valence-electron chi connectivity index (χ3n) is 11.3. The molecular weight excluding hydrogens is 795 g/mol. The lowest BCUT2D eigenvalue weighted by atomic mass is 9.70. The summed E-state index contributed by atoms with van der Waals surface area (Å²) in [6.07, 6.45) is 0. The average Bonchev–Trinajstić information content (AvgIpc) is 1.47. The summed E-state index contributed by atoms with van der Waals surface area (Å²) in [6, 6.07) is -34.7. The highest BCUT2D eigenvalue weighted by atomic mass is 15.1. The van der Waals surface area contributed by atoms with Crippen molar-refractivity contribution in [2.75, 3.05) is 4.90 Å². The zero-order chi connectivity index (χ0) is 76.7. The number of benzene rings is 11. The first-order valence-electron chi connectivity index (χ1n) is 38.8. The minimum atomic E-state index is -2.89. The summed E-state index contributed by atoms with van der Waals surface area (Å²) in [7, 11) is 0. The van der Waals surface area contributed by atoms with E-state index in [1.807, 2.05) is 0 Å². The number of hydrogen-bond donors (Lipinski definition) is 0. The molecule has 0 aromatic heterocycles. The molecule has 0 saturated carbocycles. The van der Waals surface area contributed by atoms with Crippen LogP contribution in [0.1, 0.15) is 74.3 Å². The molecule has 308 valence electrons. The second-order valence-electron chi connectivity index (χ2n) is 14.6. The van der Waals surface area contributed by atoms with Crippen molar-refractivity contribution in [3.05, 3.63) is 282 Å². The van der Waals surface area contributed by atoms with Gasteiger partial charge < -0.3 is 4.90 Å². The summed E-state index contributed by atoms with van der Waals surface area (Å²) >= 11 is 0. The van der Waals surface area contributed by atoms with Crippen LogP contribution in [0.15, 0.2) is 260 Å². The molecule has 0 aliphatic heterocycles. The Morgan fingerprint density at radius 2 is 0.924 bits per heavy atom. The maximum atomic E-state index is 10.7. The number of anilines is 3. The zero-order valence-corrected chi connectivity index (χ0v) is 33.3. The molecule has 1 heteroatoms. The number of rotatable bonds is 7. The van der Waals surface area contributed by atoms with Crippen LogP contribution in [0.5, 0.6) is 0 Å². The van der Waals surface area contributed by atoms with Gasteiger partial charge in [0.25, 0.3) is 0 Å². The maximum Gasteiger partial charge on any atom is 0.0725 e. The van der Waals surface area contributed by atoms with Gasteiger partial charge in [0, 0.05) is 16.9 Å². The van der Waals surface area contributed by atoms with Crippen molar-refractivity contribution < 1.29 is 52.1 Å². The van der Waals surface area contributed by atoms with Crippen LogP contribution >= 0.6 is 0 Å². The minimum absolute atomic E-state index is 0.420. The lowest BCUT2D eigenvalue weighted by Crippen LogP contribution is -2.25. The van der Waals surface area contributed by atoms with Gasteiger partial charge in [0.05, 0.1) is 63.2 Å². The van der Waals surface area contributed by atoms with Crippen LogP contribution in [0.2, 0.25) is 0 Å². The van der Waals surface area contributed by atoms with Gasteiger partial charge in [-0.3, -0.25) is 0 Å². The largest absolute Gasteiger partial charge is 0.310 e. The normalized spacial score (nSPS) is 20.7. The zero-order valence-electron chi connectivity index (χ0n) is 71.3. The van der Waals surface area contributed by atoms with E-state index in [2.05, 4.69) is 0 Å². The summed E-state index contributed by atoms with van der Waals surface area (Å²) in [5, 5.41) is -1.20. The highest BCUT2D eigenvalue weighted by Crippen LogP contribution is 2.64. The van der Waals surface area contributed by atoms with Crippen molar-refractivity contribution >= 4 is 27.8 Å². The molecule has 66 heavy (non-hydrogen) atoms. The van der Waals surface area contributed by atoms with Crippen molar-refractivity contribution in [3.8, 4) is 66.8 Å². The summed E-state index contributed by atoms with van der Waals surface area (Å²) in [5.41, 5.74) is -18.6. The third-order valence-corrected chi connectivity index (χ3v) is 11.3. The number of hydrogen-bond acceptors (Lipinski definition) is 1. The number of nitrogens with zero attached hydrogens (tertiary/aromatic N) is 1. The third kappa shape index (κ3) is 5.80. The number of fused-ring (bicyclic) bond motifs is 11. The average molecular weight is 876 g/mol. The first kappa shape index (κ1) is 15.9. The van der Waals surface area contributed by atoms with Gasteiger partial charge in [-0.1, -0.05) is 224 Å². The molecule has 11 aromatic carbocycles. The SMILES string of the molecule is [2H]c1cc([2H])c(-c2c([2H])c([2H])c(N(c3cc([2H])c(-c4c([2H])c([2H])c([2H])c([2H])c4[2H])c([2H])c3[2H])c3c([2H])c([2H])c(-c4cc([2H])c([2H])c5c([2H])c([2H])c([2H])c([2H])c45)c([2H])c3[2H])c(-c3c([2H])cc([2H])c4c3-c3cc([2H])c([2H])c([2H])c3C43c4c([2H])c([2H])c([2H])c([2H])c4-c4c([2H])c([2H])c([2H])c([2H])c43)c2[2H])c([2H])c1[2H]. The summed E-state index contributed by atoms with van der Waals surface area (Å²) in [6.45, 7) is 0. The minimum Gasteiger partial charge on any atom is -0.310 e. The van der Waals surface area contributed by atoms with Crippen molar-refractivity contribution in [3.63, 3.8) is 0 Å². The summed E-state index contributed by atoms with van der Waals surface area (Å²) < 4.78 is 356. The van der Waals surface area contributed by atoms with E-state index in [4.69, 9.17) is 23.3 Å². The van der Waals surface area contributed by atoms with Crippen LogP contribution < -0.4 is 4.90 Å². The first-order chi connectivity index (χ1) is 48.5. The van der Waals surface area contributed by atoms with Crippen LogP contribution in [-0.4, -0.2) is 0 Å². The fourth-order valence-corrected chi connectivity index (χ4v) is 8.58. The van der Waals surface area contributed by atoms with Gasteiger partial charge in [-0.25, -0.2) is 0 Å². The summed E-state index contributed by atoms with van der Waals surface area (Å²) in [4.78, 5) is 0.420. The van der Waals surface area contributed by atoms with Crippen LogP contribution in [-0.2, 0) is 5.41 Å². The Bertz CT molecular complexity index is 5790. The lowest BCUT2D eigenvalue weighted by Gasteiger charge is -2.31. The summed E-state index contributed by atoms with van der Waals surface area (Å²) in [5.74, 6) is 0. The van der Waals surface area contributed by atoms with Crippen molar-refractivity contribution in [1.29, 1.82) is 0 Å². The maximum absolute atomic E-state index is 10.7. The van der Waals surface area contributed by atoms with Gasteiger partial charge >= 0.3 is 0 Å². The van der Waals surface area contributed by atoms with Crippen LogP contribution in [0, 0.1) is 0 Å². The highest BCUT2D eigenvalue weighted by molar-refractivity contribution is 6.04. The molecule has 2 aliphatic carbocycles. The van der Waals surface area contributed by atoms with E-state index in [9.17, 15) is 28.8 Å². The Balaban J connectivity index is 1.31. The molecule has 0 heterocycles. The molecular formula is C65H43N. The van der Waals surface area contributed by atoms with Crippen LogP contribution in [0.3, 0.4) is 0 Å². The van der Waals surface area contributed by atoms with Crippen molar-refractivity contribution in [1.82, 2.24) is 0 Å². The van der Waals surface area contributed by atoms with Crippen molar-refractivity contribution in [2.24, 2.45) is 0 Å². The van der Waals surface area contributed by atoms with E-state index >= 15 is 0 Å². The standard InChI is InChI=1S/C65H43N/c1-3-17-44(18-4-1)46-33-38-50(39-34-46)66(51-40-35-48(36-41-51)53-27-15-22-47-21-7-8-23-52(47)53)63-42-37-49(45-19-5-2-6-20-45)43-58(63)56-28-16-32-62-64(56)57-26-11-14-31-61(57)65(62)59-29-12-9-24-54(59)55-25-10-13-30-60(55)65/h1-43H/i1D,2D,3D,4D,5D,7D,8D,9D,10D,11D,12D,13D,14D,15D,17D,18D,19D,20D,21D,22D,23D,24D,25D,28D,29D,30D,31D,32D,33D,34D,35D,36D,37D,38D,40D,41D,42D,43D. The van der Waals surface area contributed by atoms with E-state index in [0.717, 1.165) is 24.3 Å². The fraction of sp³-hybridized carbons (Fsp3) is 0.0154. The van der Waals surface area contributed by atoms with Crippen molar-refractivity contribution in [2.45, 2.75) is 5.41 Å². The monoisotopic (exact) mass is 876 g/mol. The molecule has 0 bridgehead atoms. The second-order valence-corrected chi connectivity index (χ2v) is 14.6. The topological polar surface area (TPSA) is 3.24 Å². The molecule has 1 spiro atoms. The van der Waals surface area contributed by atoms with E-state index in [1.54, 1.807) is 0 Å². The van der Waals surface area contributed by atoms with Gasteiger partial charge in [0.1, 0.15) is 0 Å². The smallest absolute Gasteiger partial charge is 0.0725 e. The molecule has 0 atom stereocenters. The second kappa shape index (κ2) is 15.3. The van der Waals surface area contributed by atoms with Crippen LogP contribution in [0.4, 0.5) is 17.1 Å². The molecule has 11 aromatic rings. The fourth-order valence-electron chi connectivity index (χ4n) is 8.58. The van der Waals surface area contributed by atoms with Gasteiger partial charge in [-0.05, 0) is 131 Å². The molecule has 2 aliphatic rings. The first-order valence-corrected chi connectivity index (χ1v) is 19.8. The Labute approximate surface area is 439 Å². The Hall–Kier alpha value is -8.52. The van der Waals surface area contributed by atoms with Gasteiger partial charge in [0.15, 0.2) is 0 Å². The van der Waals surface area contributed by atoms with Gasteiger partial charge in [-0.2, -0.15) is 0 Å². The molecule has 0 unspecified atom stereocenters. The molecule has 0 saturated heterocycles. The molecule has 13 rings (SSSR count). The predicted molar refractivity (Wildman–Crippen MR) is 277 cm³/mol. The Morgan fingerprint density at radius 3 is 1.74 bits per heavy atom. The van der Waals surface area contributed by atoms with E-state index < -0.39 is 352 Å². The highest BCUT2D eigenvalue weighted by Gasteiger charge is 2.52. The van der Waals surface area contributed by atoms with Crippen LogP contribution in [0.25, 0.3) is 77.5 Å². The van der Waals surface area contributed by atoms with E-state index in [0.29, 0.717) is 11.0 Å². The molecule has 0 fully saturated rings. The molecule has 1 nitrogen and oxygen atoms in total. The lowest BCUT2D eigenvalue weighted by molar-refractivity contribution is 0.794.